The van der Waals surface area contributed by atoms with Crippen molar-refractivity contribution in [1.29, 1.82) is 0 Å². The second kappa shape index (κ2) is 5.71. The molecule has 10 heteroatoms. The third kappa shape index (κ3) is 3.34. The van der Waals surface area contributed by atoms with Crippen LogP contribution < -0.4 is 16.4 Å². The molecule has 0 atom stereocenters. The minimum Gasteiger partial charge on any atom is -0.368 e. The highest BCUT2D eigenvalue weighted by molar-refractivity contribution is 5.75. The van der Waals surface area contributed by atoms with Crippen molar-refractivity contribution >= 4 is 17.8 Å². The zero-order chi connectivity index (χ0) is 13.7. The molecule has 0 spiro atoms. The quantitative estimate of drug-likeness (QED) is 0.598. The lowest BCUT2D eigenvalue weighted by atomic mass is 10.4. The Morgan fingerprint density at radius 2 is 2.26 bits per heavy atom. The topological polar surface area (TPSA) is 137 Å². The minimum atomic E-state index is -0.0778. The van der Waals surface area contributed by atoms with E-state index < -0.39 is 0 Å². The Morgan fingerprint density at radius 3 is 2.95 bits per heavy atom. The fourth-order valence-corrected chi connectivity index (χ4v) is 1.29. The Morgan fingerprint density at radius 1 is 1.42 bits per heavy atom. The lowest BCUT2D eigenvalue weighted by molar-refractivity contribution is -0.120. The van der Waals surface area contributed by atoms with Crippen LogP contribution in [0.15, 0.2) is 12.7 Å². The summed E-state index contributed by atoms with van der Waals surface area (Å²) >= 11 is 0. The fourth-order valence-electron chi connectivity index (χ4n) is 1.29. The number of carbonyl (C=O) groups excluding carboxylic acids is 1. The van der Waals surface area contributed by atoms with Gasteiger partial charge in [0.2, 0.25) is 17.8 Å². The molecule has 0 aliphatic carbocycles. The molecule has 10 nitrogen and oxygen atoms in total. The summed E-state index contributed by atoms with van der Waals surface area (Å²) in [5.74, 6) is 0.517. The Kier molecular flexibility index (Phi) is 3.81. The highest BCUT2D eigenvalue weighted by Gasteiger charge is 2.07. The summed E-state index contributed by atoms with van der Waals surface area (Å²) in [6.07, 6.45) is 3.11. The molecule has 2 heterocycles. The summed E-state index contributed by atoms with van der Waals surface area (Å²) in [5, 5.41) is 9.30. The first kappa shape index (κ1) is 12.7. The van der Waals surface area contributed by atoms with Gasteiger partial charge in [-0.15, -0.1) is 0 Å². The van der Waals surface area contributed by atoms with Crippen molar-refractivity contribution in [3.05, 3.63) is 12.7 Å². The fraction of sp³-hybridized carbons (Fsp3) is 0.333. The number of hydrogen-bond donors (Lipinski definition) is 3. The standard InChI is InChI=1S/C9H13N9O/c1-11-6(19)2-3-13-8-15-7(10)16-9(17-8)18-5-12-4-14-18/h4-5H,2-3H2,1H3,(H,11,19)(H3,10,13,15,16,17). The van der Waals surface area contributed by atoms with Crippen molar-refractivity contribution in [3.63, 3.8) is 0 Å². The molecule has 0 saturated carbocycles. The first-order valence-corrected chi connectivity index (χ1v) is 5.50. The molecule has 0 aromatic carbocycles. The molecule has 0 unspecified atom stereocenters. The van der Waals surface area contributed by atoms with Crippen LogP contribution in [0.3, 0.4) is 0 Å². The zero-order valence-electron chi connectivity index (χ0n) is 10.2. The molecule has 2 aromatic heterocycles. The average molecular weight is 263 g/mol. The van der Waals surface area contributed by atoms with Gasteiger partial charge in [0.05, 0.1) is 0 Å². The Bertz CT molecular complexity index is 553. The average Bonchev–Trinajstić information content (AvgIpc) is 2.91. The predicted molar refractivity (Wildman–Crippen MR) is 66.3 cm³/mol. The van der Waals surface area contributed by atoms with Gasteiger partial charge in [0.25, 0.3) is 5.95 Å². The van der Waals surface area contributed by atoms with Crippen LogP contribution in [0.2, 0.25) is 0 Å². The minimum absolute atomic E-state index is 0.0583. The number of amides is 1. The SMILES string of the molecule is CNC(=O)CCNc1nc(N)nc(-n2cncn2)n1. The highest BCUT2D eigenvalue weighted by atomic mass is 16.1. The smallest absolute Gasteiger partial charge is 0.258 e. The van der Waals surface area contributed by atoms with Crippen molar-refractivity contribution in [1.82, 2.24) is 35.0 Å². The van der Waals surface area contributed by atoms with E-state index in [0.717, 1.165) is 0 Å². The van der Waals surface area contributed by atoms with Crippen molar-refractivity contribution in [2.75, 3.05) is 24.6 Å². The Hall–Kier alpha value is -2.78. The molecule has 0 saturated heterocycles. The van der Waals surface area contributed by atoms with Crippen LogP contribution in [0.1, 0.15) is 6.42 Å². The molecule has 19 heavy (non-hydrogen) atoms. The van der Waals surface area contributed by atoms with Gasteiger partial charge in [-0.2, -0.15) is 24.7 Å². The molecule has 1 amide bonds. The Labute approximate surface area is 108 Å². The van der Waals surface area contributed by atoms with Crippen molar-refractivity contribution < 1.29 is 4.79 Å². The normalized spacial score (nSPS) is 10.2. The lowest BCUT2D eigenvalue weighted by Gasteiger charge is -2.06. The van der Waals surface area contributed by atoms with E-state index in [1.54, 1.807) is 7.05 Å². The number of anilines is 2. The van der Waals surface area contributed by atoms with Crippen LogP contribution in [0.25, 0.3) is 5.95 Å². The van der Waals surface area contributed by atoms with Crippen molar-refractivity contribution in [2.24, 2.45) is 0 Å². The molecule has 2 rings (SSSR count). The van der Waals surface area contributed by atoms with E-state index in [-0.39, 0.29) is 23.8 Å². The molecule has 0 aliphatic heterocycles. The molecule has 0 radical (unpaired) electrons. The van der Waals surface area contributed by atoms with Gasteiger partial charge in [-0.1, -0.05) is 0 Å². The monoisotopic (exact) mass is 263 g/mol. The molecule has 0 aliphatic rings. The molecular weight excluding hydrogens is 250 g/mol. The number of nitrogens with one attached hydrogen (secondary N) is 2. The maximum Gasteiger partial charge on any atom is 0.258 e. The zero-order valence-corrected chi connectivity index (χ0v) is 10.2. The summed E-state index contributed by atoms with van der Waals surface area (Å²) in [7, 11) is 1.58. The lowest BCUT2D eigenvalue weighted by Crippen LogP contribution is -2.21. The third-order valence-corrected chi connectivity index (χ3v) is 2.18. The summed E-state index contributed by atoms with van der Waals surface area (Å²) in [6, 6.07) is 0. The van der Waals surface area contributed by atoms with E-state index in [4.69, 9.17) is 5.73 Å². The van der Waals surface area contributed by atoms with Crippen molar-refractivity contribution in [2.45, 2.75) is 6.42 Å². The summed E-state index contributed by atoms with van der Waals surface area (Å²) in [6.45, 7) is 0.389. The number of nitrogens with zero attached hydrogens (tertiary/aromatic N) is 6. The van der Waals surface area contributed by atoms with Gasteiger partial charge in [0.1, 0.15) is 12.7 Å². The second-order valence-electron chi connectivity index (χ2n) is 3.51. The van der Waals surface area contributed by atoms with E-state index in [1.165, 1.54) is 17.3 Å². The van der Waals surface area contributed by atoms with Gasteiger partial charge in [-0.3, -0.25) is 4.79 Å². The Balaban J connectivity index is 2.07. The molecule has 100 valence electrons. The van der Waals surface area contributed by atoms with E-state index in [0.29, 0.717) is 13.0 Å². The van der Waals surface area contributed by atoms with Crippen LogP contribution in [0.5, 0.6) is 0 Å². The molecule has 4 N–H and O–H groups in total. The first-order chi connectivity index (χ1) is 9.19. The maximum absolute atomic E-state index is 11.1. The van der Waals surface area contributed by atoms with E-state index in [2.05, 4.69) is 35.7 Å². The summed E-state index contributed by atoms with van der Waals surface area (Å²) < 4.78 is 1.36. The van der Waals surface area contributed by atoms with Gasteiger partial charge in [0.15, 0.2) is 0 Å². The van der Waals surface area contributed by atoms with Gasteiger partial charge in [0, 0.05) is 20.0 Å². The molecule has 0 fully saturated rings. The van der Waals surface area contributed by atoms with E-state index in [9.17, 15) is 4.79 Å². The van der Waals surface area contributed by atoms with E-state index >= 15 is 0 Å². The first-order valence-electron chi connectivity index (χ1n) is 5.50. The number of rotatable bonds is 5. The van der Waals surface area contributed by atoms with Crippen LogP contribution >= 0.6 is 0 Å². The van der Waals surface area contributed by atoms with Gasteiger partial charge >= 0.3 is 0 Å². The van der Waals surface area contributed by atoms with Gasteiger partial charge in [-0.05, 0) is 0 Å². The van der Waals surface area contributed by atoms with Crippen LogP contribution in [0.4, 0.5) is 11.9 Å². The maximum atomic E-state index is 11.1. The predicted octanol–water partition coefficient (Wildman–Crippen LogP) is -1.42. The highest BCUT2D eigenvalue weighted by Crippen LogP contribution is 2.05. The summed E-state index contributed by atoms with van der Waals surface area (Å²) in [4.78, 5) is 26.8. The molecule has 2 aromatic rings. The van der Waals surface area contributed by atoms with Crippen LogP contribution in [-0.2, 0) is 4.79 Å². The molecular formula is C9H13N9O. The number of nitrogens with two attached hydrogens (primary N) is 1. The second-order valence-corrected chi connectivity index (χ2v) is 3.51. The number of nitrogen functional groups attached to an aromatic ring is 1. The third-order valence-electron chi connectivity index (χ3n) is 2.18. The largest absolute Gasteiger partial charge is 0.368 e. The van der Waals surface area contributed by atoms with Gasteiger partial charge in [-0.25, -0.2) is 4.98 Å². The number of carbonyl (C=O) groups is 1. The van der Waals surface area contributed by atoms with Crippen LogP contribution in [0, 0.1) is 0 Å². The molecule has 0 bridgehead atoms. The summed E-state index contributed by atoms with van der Waals surface area (Å²) in [5.41, 5.74) is 5.58. The van der Waals surface area contributed by atoms with Crippen LogP contribution in [-0.4, -0.2) is 49.2 Å². The number of hydrogen-bond acceptors (Lipinski definition) is 8. The number of aromatic nitrogens is 6. The van der Waals surface area contributed by atoms with E-state index in [1.807, 2.05) is 0 Å². The van der Waals surface area contributed by atoms with Gasteiger partial charge < -0.3 is 16.4 Å². The van der Waals surface area contributed by atoms with Crippen molar-refractivity contribution in [3.8, 4) is 5.95 Å².